The highest BCUT2D eigenvalue weighted by molar-refractivity contribution is 5.88. The minimum Gasteiger partial charge on any atom is -0.479 e. The third-order valence-corrected chi connectivity index (χ3v) is 5.85. The lowest BCUT2D eigenvalue weighted by Crippen LogP contribution is -2.59. The van der Waals surface area contributed by atoms with Crippen LogP contribution < -0.4 is 4.90 Å². The highest BCUT2D eigenvalue weighted by Crippen LogP contribution is 2.33. The quantitative estimate of drug-likeness (QED) is 0.856. The first-order chi connectivity index (χ1) is 12.5. The van der Waals surface area contributed by atoms with Gasteiger partial charge in [-0.1, -0.05) is 19.3 Å². The number of carbonyl (C=O) groups excluding carboxylic acids is 1. The number of piperazine rings is 1. The third-order valence-electron chi connectivity index (χ3n) is 5.85. The first-order valence-corrected chi connectivity index (χ1v) is 9.40. The molecule has 1 N–H and O–H groups in total. The van der Waals surface area contributed by atoms with Gasteiger partial charge in [0.25, 0.3) is 0 Å². The number of carboxylic acid groups (broad SMARTS) is 1. The van der Waals surface area contributed by atoms with Crippen LogP contribution in [-0.4, -0.2) is 77.1 Å². The third kappa shape index (κ3) is 3.82. The molecule has 0 spiro atoms. The fourth-order valence-corrected chi connectivity index (χ4v) is 4.08. The summed E-state index contributed by atoms with van der Waals surface area (Å²) in [5.41, 5.74) is 0.129. The molecule has 1 saturated heterocycles. The van der Waals surface area contributed by atoms with Crippen LogP contribution in [0.2, 0.25) is 0 Å². The zero-order valence-electron chi connectivity index (χ0n) is 15.4. The number of rotatable bonds is 5. The minimum atomic E-state index is -1.02. The largest absolute Gasteiger partial charge is 0.479 e. The van der Waals surface area contributed by atoms with Crippen LogP contribution in [0.4, 0.5) is 5.69 Å². The fraction of sp³-hybridized carbons (Fsp3) is 0.632. The van der Waals surface area contributed by atoms with Gasteiger partial charge in [-0.05, 0) is 25.0 Å². The first kappa shape index (κ1) is 18.6. The Kier molecular flexibility index (Phi) is 5.76. The molecule has 0 radical (unpaired) electrons. The second-order valence-electron chi connectivity index (χ2n) is 7.32. The zero-order chi connectivity index (χ0) is 18.6. The van der Waals surface area contributed by atoms with Gasteiger partial charge in [-0.25, -0.2) is 4.79 Å². The molecule has 7 nitrogen and oxygen atoms in total. The van der Waals surface area contributed by atoms with E-state index < -0.39 is 11.5 Å². The number of aromatic nitrogens is 1. The average molecular weight is 360 g/mol. The SMILES string of the molecule is CN(C(=O)CN1CCN(c2ccncc2)CC1)C1(C(=O)O)CCCCC1. The van der Waals surface area contributed by atoms with Crippen LogP contribution in [0, 0.1) is 0 Å². The van der Waals surface area contributed by atoms with E-state index in [1.807, 2.05) is 12.1 Å². The van der Waals surface area contributed by atoms with Gasteiger partial charge in [0, 0.05) is 51.3 Å². The number of carbonyl (C=O) groups is 2. The van der Waals surface area contributed by atoms with Gasteiger partial charge in [0.05, 0.1) is 6.54 Å². The second kappa shape index (κ2) is 8.03. The van der Waals surface area contributed by atoms with Crippen molar-refractivity contribution in [2.24, 2.45) is 0 Å². The molecule has 2 fully saturated rings. The Bertz CT molecular complexity index is 623. The number of aliphatic carboxylic acids is 1. The van der Waals surface area contributed by atoms with Crippen molar-refractivity contribution < 1.29 is 14.7 Å². The smallest absolute Gasteiger partial charge is 0.329 e. The van der Waals surface area contributed by atoms with Crippen LogP contribution in [-0.2, 0) is 9.59 Å². The van der Waals surface area contributed by atoms with Crippen LogP contribution in [0.3, 0.4) is 0 Å². The lowest BCUT2D eigenvalue weighted by atomic mass is 9.80. The maximum atomic E-state index is 12.8. The lowest BCUT2D eigenvalue weighted by Gasteiger charge is -2.42. The van der Waals surface area contributed by atoms with Crippen LogP contribution in [0.5, 0.6) is 0 Å². The number of nitrogens with zero attached hydrogens (tertiary/aromatic N) is 4. The van der Waals surface area contributed by atoms with Crippen molar-refractivity contribution in [3.63, 3.8) is 0 Å². The van der Waals surface area contributed by atoms with E-state index in [1.54, 1.807) is 19.4 Å². The molecule has 1 aromatic rings. The Morgan fingerprint density at radius 1 is 1.12 bits per heavy atom. The van der Waals surface area contributed by atoms with Crippen molar-refractivity contribution in [2.75, 3.05) is 44.7 Å². The van der Waals surface area contributed by atoms with E-state index in [1.165, 1.54) is 4.90 Å². The maximum Gasteiger partial charge on any atom is 0.329 e. The Labute approximate surface area is 154 Å². The zero-order valence-corrected chi connectivity index (χ0v) is 15.4. The monoisotopic (exact) mass is 360 g/mol. The molecule has 26 heavy (non-hydrogen) atoms. The molecule has 2 heterocycles. The normalized spacial score (nSPS) is 20.6. The molecule has 0 unspecified atom stereocenters. The number of amides is 1. The molecule has 0 aromatic carbocycles. The number of carboxylic acids is 1. The fourth-order valence-electron chi connectivity index (χ4n) is 4.08. The molecule has 2 aliphatic rings. The summed E-state index contributed by atoms with van der Waals surface area (Å²) in [6.07, 6.45) is 7.48. The molecular weight excluding hydrogens is 332 g/mol. The standard InChI is InChI=1S/C19H28N4O3/c1-21(19(18(25)26)7-3-2-4-8-19)17(24)15-22-11-13-23(14-12-22)16-5-9-20-10-6-16/h5-6,9-10H,2-4,7-8,11-15H2,1H3,(H,25,26). The number of likely N-dealkylation sites (N-methyl/N-ethyl adjacent to an activating group) is 1. The summed E-state index contributed by atoms with van der Waals surface area (Å²) in [4.78, 5) is 34.6. The second-order valence-corrected chi connectivity index (χ2v) is 7.32. The van der Waals surface area contributed by atoms with Gasteiger partial charge in [-0.15, -0.1) is 0 Å². The van der Waals surface area contributed by atoms with Crippen molar-refractivity contribution in [1.82, 2.24) is 14.8 Å². The van der Waals surface area contributed by atoms with Crippen molar-refractivity contribution in [3.8, 4) is 0 Å². The van der Waals surface area contributed by atoms with Crippen LogP contribution in [0.15, 0.2) is 24.5 Å². The van der Waals surface area contributed by atoms with E-state index in [0.717, 1.165) is 51.1 Å². The summed E-state index contributed by atoms with van der Waals surface area (Å²) >= 11 is 0. The van der Waals surface area contributed by atoms with Crippen LogP contribution >= 0.6 is 0 Å². The van der Waals surface area contributed by atoms with Gasteiger partial charge in [0.1, 0.15) is 5.54 Å². The van der Waals surface area contributed by atoms with Crippen LogP contribution in [0.1, 0.15) is 32.1 Å². The Morgan fingerprint density at radius 2 is 1.73 bits per heavy atom. The van der Waals surface area contributed by atoms with Crippen molar-refractivity contribution in [2.45, 2.75) is 37.6 Å². The predicted molar refractivity (Wildman–Crippen MR) is 99.1 cm³/mol. The molecule has 142 valence electrons. The number of pyridine rings is 1. The summed E-state index contributed by atoms with van der Waals surface area (Å²) in [5.74, 6) is -0.956. The van der Waals surface area contributed by atoms with E-state index in [0.29, 0.717) is 12.8 Å². The molecule has 0 bridgehead atoms. The van der Waals surface area contributed by atoms with Gasteiger partial charge >= 0.3 is 5.97 Å². The Balaban J connectivity index is 1.56. The highest BCUT2D eigenvalue weighted by atomic mass is 16.4. The molecule has 3 rings (SSSR count). The molecule has 1 aliphatic heterocycles. The van der Waals surface area contributed by atoms with E-state index >= 15 is 0 Å². The van der Waals surface area contributed by atoms with Gasteiger partial charge < -0.3 is 14.9 Å². The summed E-state index contributed by atoms with van der Waals surface area (Å²) in [5, 5.41) is 9.76. The van der Waals surface area contributed by atoms with Crippen molar-refractivity contribution in [3.05, 3.63) is 24.5 Å². The summed E-state index contributed by atoms with van der Waals surface area (Å²) in [6, 6.07) is 3.99. The Hall–Kier alpha value is -2.15. The Morgan fingerprint density at radius 3 is 2.31 bits per heavy atom. The first-order valence-electron chi connectivity index (χ1n) is 9.40. The van der Waals surface area contributed by atoms with E-state index in [4.69, 9.17) is 0 Å². The molecule has 1 aromatic heterocycles. The highest BCUT2D eigenvalue weighted by Gasteiger charge is 2.45. The van der Waals surface area contributed by atoms with Gasteiger partial charge in [-0.2, -0.15) is 0 Å². The molecule has 1 aliphatic carbocycles. The summed E-state index contributed by atoms with van der Waals surface area (Å²) in [7, 11) is 1.66. The number of anilines is 1. The van der Waals surface area contributed by atoms with Gasteiger partial charge in [0.2, 0.25) is 5.91 Å². The van der Waals surface area contributed by atoms with E-state index in [9.17, 15) is 14.7 Å². The molecule has 0 atom stereocenters. The van der Waals surface area contributed by atoms with Gasteiger partial charge in [-0.3, -0.25) is 14.7 Å². The summed E-state index contributed by atoms with van der Waals surface area (Å²) in [6.45, 7) is 3.58. The number of hydrogen-bond donors (Lipinski definition) is 1. The topological polar surface area (TPSA) is 77.0 Å². The minimum absolute atomic E-state index is 0.0911. The maximum absolute atomic E-state index is 12.8. The van der Waals surface area contributed by atoms with E-state index in [-0.39, 0.29) is 12.5 Å². The van der Waals surface area contributed by atoms with E-state index in [2.05, 4.69) is 14.8 Å². The molecular formula is C19H28N4O3. The predicted octanol–water partition coefficient (Wildman–Crippen LogP) is 1.45. The molecule has 7 heteroatoms. The van der Waals surface area contributed by atoms with Crippen molar-refractivity contribution in [1.29, 1.82) is 0 Å². The summed E-state index contributed by atoms with van der Waals surface area (Å²) < 4.78 is 0. The van der Waals surface area contributed by atoms with Gasteiger partial charge in [0.15, 0.2) is 0 Å². The van der Waals surface area contributed by atoms with Crippen LogP contribution in [0.25, 0.3) is 0 Å². The number of hydrogen-bond acceptors (Lipinski definition) is 5. The molecule has 1 saturated carbocycles. The lowest BCUT2D eigenvalue weighted by molar-refractivity contribution is -0.160. The average Bonchev–Trinajstić information content (AvgIpc) is 2.69. The van der Waals surface area contributed by atoms with Crippen molar-refractivity contribution >= 4 is 17.6 Å². The molecule has 1 amide bonds.